The van der Waals surface area contributed by atoms with Crippen molar-refractivity contribution in [2.75, 3.05) is 6.61 Å². The first-order valence-electron chi connectivity index (χ1n) is 6.43. The van der Waals surface area contributed by atoms with E-state index in [9.17, 15) is 4.39 Å². The van der Waals surface area contributed by atoms with Gasteiger partial charge in [-0.2, -0.15) is 0 Å². The summed E-state index contributed by atoms with van der Waals surface area (Å²) in [6.07, 6.45) is 4.29. The second kappa shape index (κ2) is 5.50. The maximum absolute atomic E-state index is 13.2. The lowest BCUT2D eigenvalue weighted by atomic mass is 9.98. The van der Waals surface area contributed by atoms with Gasteiger partial charge >= 0.3 is 0 Å². The summed E-state index contributed by atoms with van der Waals surface area (Å²) in [5, 5.41) is 0. The molecule has 0 saturated heterocycles. The number of benzene rings is 1. The fourth-order valence-corrected chi connectivity index (χ4v) is 3.04. The summed E-state index contributed by atoms with van der Waals surface area (Å²) >= 11 is 3.50. The number of pyridine rings is 1. The number of aromatic nitrogens is 1. The first-order chi connectivity index (χ1) is 9.63. The molecule has 0 saturated carbocycles. The molecule has 20 heavy (non-hydrogen) atoms. The van der Waals surface area contributed by atoms with Gasteiger partial charge in [0.2, 0.25) is 0 Å². The molecule has 0 amide bonds. The predicted octanol–water partition coefficient (Wildman–Crippen LogP) is 3.16. The second-order valence-electron chi connectivity index (χ2n) is 4.90. The van der Waals surface area contributed by atoms with Crippen LogP contribution in [0.1, 0.15) is 22.7 Å². The summed E-state index contributed by atoms with van der Waals surface area (Å²) in [7, 11) is 0. The maximum Gasteiger partial charge on any atom is 0.141 e. The molecule has 1 aliphatic heterocycles. The van der Waals surface area contributed by atoms with E-state index in [1.54, 1.807) is 6.20 Å². The summed E-state index contributed by atoms with van der Waals surface area (Å²) in [4.78, 5) is 3.84. The number of halogens is 2. The summed E-state index contributed by atoms with van der Waals surface area (Å²) in [6, 6.07) is 5.20. The molecule has 1 aromatic heterocycles. The van der Waals surface area contributed by atoms with E-state index in [0.717, 1.165) is 22.2 Å². The molecular formula is C15H14BrFN2O. The normalized spacial score (nSPS) is 14.8. The Bertz CT molecular complexity index is 648. The van der Waals surface area contributed by atoms with E-state index < -0.39 is 0 Å². The zero-order valence-corrected chi connectivity index (χ0v) is 12.4. The van der Waals surface area contributed by atoms with E-state index in [0.29, 0.717) is 18.6 Å². The third-order valence-electron chi connectivity index (χ3n) is 3.42. The number of fused-ring (bicyclic) bond motifs is 1. The summed E-state index contributed by atoms with van der Waals surface area (Å²) in [6.45, 7) is 0.704. The van der Waals surface area contributed by atoms with Crippen LogP contribution in [0.3, 0.4) is 0 Å². The van der Waals surface area contributed by atoms with Crippen LogP contribution in [0.2, 0.25) is 0 Å². The molecule has 1 aliphatic rings. The minimum Gasteiger partial charge on any atom is -0.493 e. The Labute approximate surface area is 125 Å². The molecule has 104 valence electrons. The lowest BCUT2D eigenvalue weighted by Gasteiger charge is -2.15. The highest BCUT2D eigenvalue weighted by molar-refractivity contribution is 9.10. The van der Waals surface area contributed by atoms with Crippen molar-refractivity contribution in [3.05, 3.63) is 57.6 Å². The maximum atomic E-state index is 13.2. The molecule has 1 aromatic carbocycles. The van der Waals surface area contributed by atoms with Crippen LogP contribution in [0.15, 0.2) is 35.1 Å². The highest BCUT2D eigenvalue weighted by Crippen LogP contribution is 2.34. The third-order valence-corrected chi connectivity index (χ3v) is 3.88. The van der Waals surface area contributed by atoms with Gasteiger partial charge < -0.3 is 10.5 Å². The Morgan fingerprint density at radius 2 is 2.20 bits per heavy atom. The number of hydrogen-bond acceptors (Lipinski definition) is 3. The van der Waals surface area contributed by atoms with Gasteiger partial charge in [0.15, 0.2) is 0 Å². The van der Waals surface area contributed by atoms with E-state index in [-0.39, 0.29) is 11.9 Å². The van der Waals surface area contributed by atoms with Gasteiger partial charge in [-0.1, -0.05) is 15.9 Å². The molecule has 1 atom stereocenters. The van der Waals surface area contributed by atoms with Crippen LogP contribution >= 0.6 is 15.9 Å². The van der Waals surface area contributed by atoms with E-state index in [2.05, 4.69) is 27.0 Å². The van der Waals surface area contributed by atoms with Crippen molar-refractivity contribution >= 4 is 15.9 Å². The lowest BCUT2D eigenvalue weighted by molar-refractivity contribution is 0.352. The van der Waals surface area contributed by atoms with Crippen LogP contribution in [0.4, 0.5) is 4.39 Å². The van der Waals surface area contributed by atoms with Gasteiger partial charge in [0, 0.05) is 23.1 Å². The molecule has 1 unspecified atom stereocenters. The smallest absolute Gasteiger partial charge is 0.141 e. The average molecular weight is 337 g/mol. The topological polar surface area (TPSA) is 48.1 Å². The lowest BCUT2D eigenvalue weighted by Crippen LogP contribution is -2.14. The van der Waals surface area contributed by atoms with Crippen molar-refractivity contribution < 1.29 is 9.13 Å². The predicted molar refractivity (Wildman–Crippen MR) is 78.2 cm³/mol. The number of nitrogens with zero attached hydrogens (tertiary/aromatic N) is 1. The van der Waals surface area contributed by atoms with Gasteiger partial charge in [-0.15, -0.1) is 0 Å². The molecule has 0 bridgehead atoms. The molecule has 3 rings (SSSR count). The molecule has 2 heterocycles. The SMILES string of the molecule is NC(Cc1cc(Br)cc2c1OCC2)c1cncc(F)c1. The quantitative estimate of drug-likeness (QED) is 0.936. The Morgan fingerprint density at radius 1 is 1.35 bits per heavy atom. The van der Waals surface area contributed by atoms with Gasteiger partial charge in [0.05, 0.1) is 12.8 Å². The summed E-state index contributed by atoms with van der Waals surface area (Å²) < 4.78 is 19.9. The van der Waals surface area contributed by atoms with E-state index in [1.807, 2.05) is 6.07 Å². The largest absolute Gasteiger partial charge is 0.493 e. The molecule has 5 heteroatoms. The van der Waals surface area contributed by atoms with Gasteiger partial charge in [-0.05, 0) is 41.3 Å². The summed E-state index contributed by atoms with van der Waals surface area (Å²) in [5.74, 6) is 0.557. The van der Waals surface area contributed by atoms with Gasteiger partial charge in [-0.3, -0.25) is 4.98 Å². The zero-order chi connectivity index (χ0) is 14.1. The van der Waals surface area contributed by atoms with Crippen molar-refractivity contribution in [3.63, 3.8) is 0 Å². The first-order valence-corrected chi connectivity index (χ1v) is 7.23. The number of rotatable bonds is 3. The summed E-state index contributed by atoms with van der Waals surface area (Å²) in [5.41, 5.74) is 9.09. The van der Waals surface area contributed by atoms with Crippen molar-refractivity contribution in [3.8, 4) is 5.75 Å². The molecule has 3 nitrogen and oxygen atoms in total. The van der Waals surface area contributed by atoms with E-state index in [4.69, 9.17) is 10.5 Å². The molecule has 2 N–H and O–H groups in total. The van der Waals surface area contributed by atoms with Crippen molar-refractivity contribution in [2.45, 2.75) is 18.9 Å². The minimum atomic E-state index is -0.367. The third kappa shape index (κ3) is 2.69. The Kier molecular flexibility index (Phi) is 3.72. The molecule has 2 aromatic rings. The van der Waals surface area contributed by atoms with Gasteiger partial charge in [-0.25, -0.2) is 4.39 Å². The number of hydrogen-bond donors (Lipinski definition) is 1. The van der Waals surface area contributed by atoms with E-state index in [1.165, 1.54) is 17.8 Å². The van der Waals surface area contributed by atoms with Crippen molar-refractivity contribution in [1.29, 1.82) is 0 Å². The molecular weight excluding hydrogens is 323 g/mol. The van der Waals surface area contributed by atoms with Crippen molar-refractivity contribution in [1.82, 2.24) is 4.98 Å². The molecule has 0 radical (unpaired) electrons. The van der Waals surface area contributed by atoms with Crippen LogP contribution in [-0.2, 0) is 12.8 Å². The van der Waals surface area contributed by atoms with Crippen molar-refractivity contribution in [2.24, 2.45) is 5.73 Å². The Morgan fingerprint density at radius 3 is 3.00 bits per heavy atom. The Balaban J connectivity index is 1.88. The highest BCUT2D eigenvalue weighted by Gasteiger charge is 2.19. The standard InChI is InChI=1S/C15H14BrFN2O/c16-12-3-9-1-2-20-15(9)10(4-12)6-14(18)11-5-13(17)8-19-7-11/h3-5,7-8,14H,1-2,6,18H2. The van der Waals surface area contributed by atoms with Gasteiger partial charge in [0.25, 0.3) is 0 Å². The molecule has 0 fully saturated rings. The van der Waals surface area contributed by atoms with E-state index >= 15 is 0 Å². The molecule has 0 spiro atoms. The molecule has 0 aliphatic carbocycles. The minimum absolute atomic E-state index is 0.305. The fraction of sp³-hybridized carbons (Fsp3) is 0.267. The number of nitrogens with two attached hydrogens (primary N) is 1. The van der Waals surface area contributed by atoms with Crippen LogP contribution < -0.4 is 10.5 Å². The number of ether oxygens (including phenoxy) is 1. The zero-order valence-electron chi connectivity index (χ0n) is 10.8. The van der Waals surface area contributed by atoms with Crippen LogP contribution in [0.5, 0.6) is 5.75 Å². The highest BCUT2D eigenvalue weighted by atomic mass is 79.9. The average Bonchev–Trinajstić information content (AvgIpc) is 2.86. The Hall–Kier alpha value is -1.46. The first kappa shape index (κ1) is 13.5. The monoisotopic (exact) mass is 336 g/mol. The second-order valence-corrected chi connectivity index (χ2v) is 5.81. The van der Waals surface area contributed by atoms with Crippen LogP contribution in [-0.4, -0.2) is 11.6 Å². The van der Waals surface area contributed by atoms with Gasteiger partial charge in [0.1, 0.15) is 11.6 Å². The fourth-order valence-electron chi connectivity index (χ4n) is 2.48. The van der Waals surface area contributed by atoms with Crippen LogP contribution in [0, 0.1) is 5.82 Å². The van der Waals surface area contributed by atoms with Crippen LogP contribution in [0.25, 0.3) is 0 Å².